The number of aliphatic hydroxyl groups is 2. The maximum atomic E-state index is 11.2. The third kappa shape index (κ3) is 2.03. The molecule has 1 saturated carbocycles. The Bertz CT molecular complexity index is 439. The monoisotopic (exact) mass is 266 g/mol. The molecule has 2 aliphatic rings. The smallest absolute Gasteiger partial charge is 0.331 e. The van der Waals surface area contributed by atoms with Crippen LogP contribution in [0.2, 0.25) is 0 Å². The summed E-state index contributed by atoms with van der Waals surface area (Å²) in [4.78, 5) is 11.2. The molecule has 4 nitrogen and oxygen atoms in total. The van der Waals surface area contributed by atoms with Gasteiger partial charge in [-0.2, -0.15) is 0 Å². The van der Waals surface area contributed by atoms with Gasteiger partial charge in [-0.15, -0.1) is 0 Å². The topological polar surface area (TPSA) is 77.8 Å². The number of carboxylic acids is 1. The molecule has 2 aliphatic carbocycles. The fraction of sp³-hybridized carbons (Fsp3) is 0.667. The summed E-state index contributed by atoms with van der Waals surface area (Å²) < 4.78 is 0. The lowest BCUT2D eigenvalue weighted by Gasteiger charge is -2.53. The van der Waals surface area contributed by atoms with Gasteiger partial charge in [0.25, 0.3) is 0 Å². The molecule has 0 aromatic heterocycles. The first-order chi connectivity index (χ1) is 8.80. The van der Waals surface area contributed by atoms with Crippen molar-refractivity contribution >= 4 is 5.97 Å². The number of aliphatic hydroxyl groups excluding tert-OH is 1. The maximum Gasteiger partial charge on any atom is 0.331 e. The number of hydrogen-bond acceptors (Lipinski definition) is 3. The Hall–Kier alpha value is -1.13. The number of aliphatic carboxylic acids is 1. The van der Waals surface area contributed by atoms with E-state index in [2.05, 4.69) is 13.5 Å². The van der Waals surface area contributed by atoms with Crippen molar-refractivity contribution in [2.24, 2.45) is 17.8 Å². The number of allylic oxidation sites excluding steroid dienone is 1. The van der Waals surface area contributed by atoms with Gasteiger partial charge in [-0.05, 0) is 43.6 Å². The minimum Gasteiger partial charge on any atom is -0.478 e. The second kappa shape index (κ2) is 4.76. The highest BCUT2D eigenvalue weighted by molar-refractivity contribution is 5.86. The number of carbonyl (C=O) groups is 1. The maximum absolute atomic E-state index is 11.2. The van der Waals surface area contributed by atoms with E-state index < -0.39 is 23.6 Å². The van der Waals surface area contributed by atoms with Crippen molar-refractivity contribution in [3.05, 3.63) is 23.8 Å². The molecular formula is C15H22O4. The molecule has 4 heteroatoms. The van der Waals surface area contributed by atoms with Gasteiger partial charge in [0.1, 0.15) is 11.7 Å². The van der Waals surface area contributed by atoms with E-state index in [0.717, 1.165) is 12.0 Å². The van der Waals surface area contributed by atoms with Gasteiger partial charge in [-0.3, -0.25) is 0 Å². The number of hydrogen-bond donors (Lipinski definition) is 3. The minimum absolute atomic E-state index is 0.00755. The van der Waals surface area contributed by atoms with Gasteiger partial charge in [-0.25, -0.2) is 4.79 Å². The Labute approximate surface area is 113 Å². The molecule has 5 atom stereocenters. The van der Waals surface area contributed by atoms with Crippen molar-refractivity contribution in [2.75, 3.05) is 0 Å². The summed E-state index contributed by atoms with van der Waals surface area (Å²) in [5, 5.41) is 30.6. The van der Waals surface area contributed by atoms with Crippen molar-refractivity contribution in [3.63, 3.8) is 0 Å². The molecule has 3 N–H and O–H groups in total. The number of carboxylic acid groups (broad SMARTS) is 1. The van der Waals surface area contributed by atoms with Gasteiger partial charge in [0.2, 0.25) is 0 Å². The molecule has 0 amide bonds. The molecule has 0 aliphatic heterocycles. The molecule has 0 aromatic carbocycles. The SMILES string of the molecule is C=C(C(=O)O)C1CCC(C)C2CC=C(C)C(O)C12O. The molecule has 0 spiro atoms. The number of rotatable bonds is 2. The first kappa shape index (κ1) is 14.3. The molecule has 5 unspecified atom stereocenters. The molecule has 0 radical (unpaired) electrons. The van der Waals surface area contributed by atoms with Gasteiger partial charge in [-0.1, -0.05) is 19.6 Å². The highest BCUT2D eigenvalue weighted by Crippen LogP contribution is 2.51. The lowest BCUT2D eigenvalue weighted by Crippen LogP contribution is -2.61. The first-order valence-corrected chi connectivity index (χ1v) is 6.79. The van der Waals surface area contributed by atoms with E-state index in [9.17, 15) is 15.0 Å². The Morgan fingerprint density at radius 1 is 1.47 bits per heavy atom. The summed E-state index contributed by atoms with van der Waals surface area (Å²) in [5.41, 5.74) is -0.671. The third-order valence-electron chi connectivity index (χ3n) is 5.01. The molecular weight excluding hydrogens is 244 g/mol. The zero-order valence-corrected chi connectivity index (χ0v) is 11.5. The Morgan fingerprint density at radius 2 is 2.11 bits per heavy atom. The van der Waals surface area contributed by atoms with Crippen LogP contribution in [0.4, 0.5) is 0 Å². The molecule has 1 fully saturated rings. The average Bonchev–Trinajstić information content (AvgIpc) is 2.35. The Balaban J connectivity index is 2.45. The normalized spacial score (nSPS) is 42.2. The van der Waals surface area contributed by atoms with E-state index in [-0.39, 0.29) is 17.4 Å². The molecule has 0 bridgehead atoms. The summed E-state index contributed by atoms with van der Waals surface area (Å²) in [7, 11) is 0. The van der Waals surface area contributed by atoms with Crippen molar-refractivity contribution in [2.45, 2.75) is 44.8 Å². The van der Waals surface area contributed by atoms with Gasteiger partial charge in [0.15, 0.2) is 0 Å². The zero-order chi connectivity index (χ0) is 14.4. The summed E-state index contributed by atoms with van der Waals surface area (Å²) in [5.74, 6) is -1.51. The van der Waals surface area contributed by atoms with Crippen LogP contribution in [-0.4, -0.2) is 33.0 Å². The third-order valence-corrected chi connectivity index (χ3v) is 5.01. The first-order valence-electron chi connectivity index (χ1n) is 6.79. The fourth-order valence-electron chi connectivity index (χ4n) is 3.78. The van der Waals surface area contributed by atoms with Crippen LogP contribution in [0.5, 0.6) is 0 Å². The predicted octanol–water partition coefficient (Wildman–Crippen LogP) is 1.73. The summed E-state index contributed by atoms with van der Waals surface area (Å²) >= 11 is 0. The van der Waals surface area contributed by atoms with E-state index in [1.165, 1.54) is 0 Å². The molecule has 2 rings (SSSR count). The second-order valence-electron chi connectivity index (χ2n) is 6.02. The van der Waals surface area contributed by atoms with Crippen molar-refractivity contribution in [1.29, 1.82) is 0 Å². The van der Waals surface area contributed by atoms with E-state index >= 15 is 0 Å². The zero-order valence-electron chi connectivity index (χ0n) is 11.5. The largest absolute Gasteiger partial charge is 0.478 e. The van der Waals surface area contributed by atoms with E-state index in [1.54, 1.807) is 6.92 Å². The lowest BCUT2D eigenvalue weighted by atomic mass is 9.56. The predicted molar refractivity (Wildman–Crippen MR) is 71.5 cm³/mol. The van der Waals surface area contributed by atoms with Gasteiger partial charge < -0.3 is 15.3 Å². The van der Waals surface area contributed by atoms with Crippen LogP contribution in [0.3, 0.4) is 0 Å². The summed E-state index contributed by atoms with van der Waals surface area (Å²) in [6.07, 6.45) is 3.04. The van der Waals surface area contributed by atoms with Crippen LogP contribution >= 0.6 is 0 Å². The standard InChI is InChI=1S/C15H22O4/c1-8-4-7-12(10(3)14(17)18)15(19)11(8)6-5-9(2)13(15)16/h5,8,11-13,16,19H,3-4,6-7H2,1-2H3,(H,17,18). The van der Waals surface area contributed by atoms with Crippen molar-refractivity contribution < 1.29 is 20.1 Å². The molecule has 0 aromatic rings. The van der Waals surface area contributed by atoms with Crippen LogP contribution in [0.25, 0.3) is 0 Å². The van der Waals surface area contributed by atoms with Crippen LogP contribution in [-0.2, 0) is 4.79 Å². The van der Waals surface area contributed by atoms with E-state index in [1.807, 2.05) is 6.08 Å². The Kier molecular flexibility index (Phi) is 3.58. The quantitative estimate of drug-likeness (QED) is 0.525. The van der Waals surface area contributed by atoms with Crippen LogP contribution in [0.15, 0.2) is 23.8 Å². The van der Waals surface area contributed by atoms with Crippen LogP contribution in [0.1, 0.15) is 33.1 Å². The molecule has 19 heavy (non-hydrogen) atoms. The Morgan fingerprint density at radius 3 is 2.68 bits per heavy atom. The highest BCUT2D eigenvalue weighted by Gasteiger charge is 2.56. The van der Waals surface area contributed by atoms with Gasteiger partial charge in [0, 0.05) is 11.5 Å². The molecule has 106 valence electrons. The van der Waals surface area contributed by atoms with Crippen molar-refractivity contribution in [3.8, 4) is 0 Å². The summed E-state index contributed by atoms with van der Waals surface area (Å²) in [6, 6.07) is 0. The van der Waals surface area contributed by atoms with Gasteiger partial charge in [0.05, 0.1) is 0 Å². The van der Waals surface area contributed by atoms with E-state index in [0.29, 0.717) is 12.8 Å². The lowest BCUT2D eigenvalue weighted by molar-refractivity contribution is -0.169. The fourth-order valence-corrected chi connectivity index (χ4v) is 3.78. The van der Waals surface area contributed by atoms with Gasteiger partial charge >= 0.3 is 5.97 Å². The minimum atomic E-state index is -1.40. The molecule has 0 heterocycles. The van der Waals surface area contributed by atoms with Crippen LogP contribution < -0.4 is 0 Å². The van der Waals surface area contributed by atoms with E-state index in [4.69, 9.17) is 5.11 Å². The second-order valence-corrected chi connectivity index (χ2v) is 6.02. The van der Waals surface area contributed by atoms with Crippen LogP contribution in [0, 0.1) is 17.8 Å². The summed E-state index contributed by atoms with van der Waals surface area (Å²) in [6.45, 7) is 7.44. The highest BCUT2D eigenvalue weighted by atomic mass is 16.4. The number of fused-ring (bicyclic) bond motifs is 1. The molecule has 0 saturated heterocycles. The van der Waals surface area contributed by atoms with Crippen molar-refractivity contribution in [1.82, 2.24) is 0 Å². The average molecular weight is 266 g/mol.